The van der Waals surface area contributed by atoms with Gasteiger partial charge in [0.15, 0.2) is 0 Å². The number of hydrogen-bond donors (Lipinski definition) is 1. The monoisotopic (exact) mass is 352 g/mol. The fourth-order valence-corrected chi connectivity index (χ4v) is 3.20. The summed E-state index contributed by atoms with van der Waals surface area (Å²) in [5, 5.41) is 2.92. The van der Waals surface area contributed by atoms with Crippen LogP contribution >= 0.6 is 0 Å². The summed E-state index contributed by atoms with van der Waals surface area (Å²) in [7, 11) is 1.58. The Morgan fingerprint density at radius 1 is 1.23 bits per heavy atom. The zero-order chi connectivity index (χ0) is 18.7. The lowest BCUT2D eigenvalue weighted by Gasteiger charge is -2.20. The van der Waals surface area contributed by atoms with E-state index in [-0.39, 0.29) is 24.2 Å². The molecule has 0 saturated carbocycles. The summed E-state index contributed by atoms with van der Waals surface area (Å²) in [6.07, 6.45) is 1.16. The molecule has 2 aromatic rings. The van der Waals surface area contributed by atoms with Gasteiger partial charge < -0.3 is 15.0 Å². The average molecular weight is 352 g/mol. The van der Waals surface area contributed by atoms with Gasteiger partial charge in [0, 0.05) is 18.7 Å². The minimum atomic E-state index is -0.376. The number of ether oxygens (including phenoxy) is 1. The molecule has 1 aliphatic heterocycles. The van der Waals surface area contributed by atoms with Gasteiger partial charge in [0.25, 0.3) is 0 Å². The molecule has 1 fully saturated rings. The van der Waals surface area contributed by atoms with Crippen molar-refractivity contribution in [3.8, 4) is 5.75 Å². The maximum atomic E-state index is 12.6. The van der Waals surface area contributed by atoms with E-state index in [1.165, 1.54) is 5.56 Å². The Balaban J connectivity index is 1.72. The van der Waals surface area contributed by atoms with Gasteiger partial charge in [-0.05, 0) is 48.7 Å². The first kappa shape index (κ1) is 18.0. The lowest BCUT2D eigenvalue weighted by molar-refractivity contribution is -0.122. The first-order valence-electron chi connectivity index (χ1n) is 8.86. The molecule has 1 N–H and O–H groups in total. The molecule has 136 valence electrons. The van der Waals surface area contributed by atoms with E-state index >= 15 is 0 Å². The fraction of sp³-hybridized carbons (Fsp3) is 0.333. The summed E-state index contributed by atoms with van der Waals surface area (Å²) in [5.41, 5.74) is 3.74. The highest BCUT2D eigenvalue weighted by Gasteiger charge is 2.36. The quantitative estimate of drug-likeness (QED) is 0.895. The lowest BCUT2D eigenvalue weighted by Crippen LogP contribution is -2.28. The van der Waals surface area contributed by atoms with Crippen LogP contribution < -0.4 is 15.0 Å². The second-order valence-corrected chi connectivity index (χ2v) is 6.62. The number of carbonyl (C=O) groups is 2. The van der Waals surface area contributed by atoms with E-state index < -0.39 is 0 Å². The smallest absolute Gasteiger partial charge is 0.229 e. The average Bonchev–Trinajstić information content (AvgIpc) is 3.04. The van der Waals surface area contributed by atoms with E-state index in [4.69, 9.17) is 4.74 Å². The Morgan fingerprint density at radius 3 is 2.62 bits per heavy atom. The van der Waals surface area contributed by atoms with E-state index in [9.17, 15) is 9.59 Å². The highest BCUT2D eigenvalue weighted by atomic mass is 16.5. The predicted molar refractivity (Wildman–Crippen MR) is 103 cm³/mol. The van der Waals surface area contributed by atoms with Crippen LogP contribution in [0.1, 0.15) is 24.5 Å². The Labute approximate surface area is 154 Å². The van der Waals surface area contributed by atoms with Crippen LogP contribution in [0.4, 0.5) is 11.4 Å². The molecule has 0 aromatic heterocycles. The zero-order valence-electron chi connectivity index (χ0n) is 15.4. The Kier molecular flexibility index (Phi) is 5.26. The summed E-state index contributed by atoms with van der Waals surface area (Å²) in [6, 6.07) is 13.5. The van der Waals surface area contributed by atoms with E-state index in [1.807, 2.05) is 49.4 Å². The summed E-state index contributed by atoms with van der Waals surface area (Å²) < 4.78 is 5.38. The normalized spacial score (nSPS) is 16.7. The molecule has 5 nitrogen and oxygen atoms in total. The van der Waals surface area contributed by atoms with Gasteiger partial charge in [-0.1, -0.05) is 25.1 Å². The number of methoxy groups -OCH3 is 1. The summed E-state index contributed by atoms with van der Waals surface area (Å²) >= 11 is 0. The van der Waals surface area contributed by atoms with Gasteiger partial charge in [0.1, 0.15) is 5.75 Å². The van der Waals surface area contributed by atoms with E-state index in [2.05, 4.69) is 12.2 Å². The molecular formula is C21H24N2O3. The number of aryl methyl sites for hydroxylation is 2. The van der Waals surface area contributed by atoms with Gasteiger partial charge in [0.05, 0.1) is 18.7 Å². The lowest BCUT2D eigenvalue weighted by atomic mass is 10.1. The molecule has 3 rings (SSSR count). The van der Waals surface area contributed by atoms with Crippen LogP contribution in [0.3, 0.4) is 0 Å². The van der Waals surface area contributed by atoms with Gasteiger partial charge in [-0.3, -0.25) is 9.59 Å². The third-order valence-electron chi connectivity index (χ3n) is 4.75. The van der Waals surface area contributed by atoms with Crippen LogP contribution in [0.15, 0.2) is 42.5 Å². The molecule has 0 radical (unpaired) electrons. The molecule has 0 aliphatic carbocycles. The Hall–Kier alpha value is -2.82. The molecule has 1 saturated heterocycles. The largest absolute Gasteiger partial charge is 0.495 e. The first-order chi connectivity index (χ1) is 12.5. The maximum Gasteiger partial charge on any atom is 0.229 e. The van der Waals surface area contributed by atoms with Crippen LogP contribution in [-0.2, 0) is 16.0 Å². The Bertz CT molecular complexity index is 815. The second-order valence-electron chi connectivity index (χ2n) is 6.62. The maximum absolute atomic E-state index is 12.6. The molecule has 2 aromatic carbocycles. The molecular weight excluding hydrogens is 328 g/mol. The fourth-order valence-electron chi connectivity index (χ4n) is 3.20. The molecule has 1 atom stereocenters. The number of nitrogens with zero attached hydrogens (tertiary/aromatic N) is 1. The SMILES string of the molecule is CCc1ccc(NC(=O)C2CC(=O)N(c3cc(C)ccc3OC)C2)cc1. The van der Waals surface area contributed by atoms with Crippen molar-refractivity contribution < 1.29 is 14.3 Å². The zero-order valence-corrected chi connectivity index (χ0v) is 15.4. The van der Waals surface area contributed by atoms with E-state index in [0.29, 0.717) is 12.3 Å². The topological polar surface area (TPSA) is 58.6 Å². The molecule has 0 spiro atoms. The molecule has 1 aliphatic rings. The highest BCUT2D eigenvalue weighted by molar-refractivity contribution is 6.04. The number of nitrogens with one attached hydrogen (secondary N) is 1. The van der Waals surface area contributed by atoms with Gasteiger partial charge in [-0.2, -0.15) is 0 Å². The van der Waals surface area contributed by atoms with Crippen LogP contribution in [0, 0.1) is 12.8 Å². The number of anilines is 2. The number of amides is 2. The summed E-state index contributed by atoms with van der Waals surface area (Å²) in [4.78, 5) is 26.7. The highest BCUT2D eigenvalue weighted by Crippen LogP contribution is 2.34. The number of carbonyl (C=O) groups excluding carboxylic acids is 2. The van der Waals surface area contributed by atoms with Crippen molar-refractivity contribution in [1.82, 2.24) is 0 Å². The van der Waals surface area contributed by atoms with Gasteiger partial charge in [-0.25, -0.2) is 0 Å². The van der Waals surface area contributed by atoms with Crippen molar-refractivity contribution in [2.75, 3.05) is 23.9 Å². The number of rotatable bonds is 5. The third kappa shape index (κ3) is 3.72. The van der Waals surface area contributed by atoms with Crippen molar-refractivity contribution in [3.05, 3.63) is 53.6 Å². The van der Waals surface area contributed by atoms with Crippen molar-refractivity contribution in [2.24, 2.45) is 5.92 Å². The molecule has 1 unspecified atom stereocenters. The predicted octanol–water partition coefficient (Wildman–Crippen LogP) is 3.56. The number of hydrogen-bond acceptors (Lipinski definition) is 3. The molecule has 5 heteroatoms. The first-order valence-corrected chi connectivity index (χ1v) is 8.86. The molecule has 2 amide bonds. The van der Waals surface area contributed by atoms with Crippen LogP contribution in [-0.4, -0.2) is 25.5 Å². The second kappa shape index (κ2) is 7.60. The van der Waals surface area contributed by atoms with Gasteiger partial charge in [-0.15, -0.1) is 0 Å². The van der Waals surface area contributed by atoms with Crippen molar-refractivity contribution in [3.63, 3.8) is 0 Å². The number of benzene rings is 2. The van der Waals surface area contributed by atoms with Crippen molar-refractivity contribution >= 4 is 23.2 Å². The van der Waals surface area contributed by atoms with Gasteiger partial charge >= 0.3 is 0 Å². The van der Waals surface area contributed by atoms with E-state index in [1.54, 1.807) is 12.0 Å². The van der Waals surface area contributed by atoms with E-state index in [0.717, 1.165) is 23.4 Å². The van der Waals surface area contributed by atoms with Crippen LogP contribution in [0.5, 0.6) is 5.75 Å². The molecule has 1 heterocycles. The third-order valence-corrected chi connectivity index (χ3v) is 4.75. The summed E-state index contributed by atoms with van der Waals surface area (Å²) in [5.74, 6) is 0.0748. The van der Waals surface area contributed by atoms with Gasteiger partial charge in [0.2, 0.25) is 11.8 Å². The molecule has 0 bridgehead atoms. The van der Waals surface area contributed by atoms with Crippen LogP contribution in [0.2, 0.25) is 0 Å². The minimum absolute atomic E-state index is 0.0598. The molecule has 26 heavy (non-hydrogen) atoms. The van der Waals surface area contributed by atoms with Crippen molar-refractivity contribution in [1.29, 1.82) is 0 Å². The standard InChI is InChI=1S/C21H24N2O3/c1-4-15-6-8-17(9-7-15)22-21(25)16-12-20(24)23(13-16)18-11-14(2)5-10-19(18)26-3/h5-11,16H,4,12-13H2,1-3H3,(H,22,25). The minimum Gasteiger partial charge on any atom is -0.495 e. The summed E-state index contributed by atoms with van der Waals surface area (Å²) in [6.45, 7) is 4.41. The Morgan fingerprint density at radius 2 is 1.96 bits per heavy atom. The van der Waals surface area contributed by atoms with Crippen LogP contribution in [0.25, 0.3) is 0 Å². The van der Waals surface area contributed by atoms with Crippen molar-refractivity contribution in [2.45, 2.75) is 26.7 Å².